The van der Waals surface area contributed by atoms with Crippen molar-refractivity contribution in [2.75, 3.05) is 33.9 Å². The van der Waals surface area contributed by atoms with Crippen molar-refractivity contribution < 1.29 is 4.74 Å². The Bertz CT molecular complexity index is 212. The summed E-state index contributed by atoms with van der Waals surface area (Å²) in [4.78, 5) is 2.74. The molecule has 2 rings (SSSR count). The van der Waals surface area contributed by atoms with Gasteiger partial charge in [0.05, 0.1) is 6.61 Å². The summed E-state index contributed by atoms with van der Waals surface area (Å²) in [6, 6.07) is 1.62. The molecule has 2 fully saturated rings. The summed E-state index contributed by atoms with van der Waals surface area (Å²) in [5.41, 5.74) is 0. The maximum atomic E-state index is 5.31. The standard InChI is InChI=1S/C14H28N2O/c1-15-13-5-7-14(8-6-13)16-9-3-4-12(10-16)11-17-2/h12-15H,3-11H2,1-2H3. The molecule has 1 saturated heterocycles. The topological polar surface area (TPSA) is 24.5 Å². The van der Waals surface area contributed by atoms with E-state index in [9.17, 15) is 0 Å². The van der Waals surface area contributed by atoms with E-state index >= 15 is 0 Å². The smallest absolute Gasteiger partial charge is 0.0502 e. The Hall–Kier alpha value is -0.120. The molecule has 17 heavy (non-hydrogen) atoms. The molecule has 2 aliphatic rings. The molecule has 1 aliphatic heterocycles. The predicted molar refractivity (Wildman–Crippen MR) is 71.3 cm³/mol. The van der Waals surface area contributed by atoms with Gasteiger partial charge in [0.15, 0.2) is 0 Å². The van der Waals surface area contributed by atoms with E-state index < -0.39 is 0 Å². The molecule has 1 unspecified atom stereocenters. The van der Waals surface area contributed by atoms with Gasteiger partial charge in [-0.1, -0.05) is 0 Å². The van der Waals surface area contributed by atoms with E-state index in [1.807, 2.05) is 7.11 Å². The number of hydrogen-bond acceptors (Lipinski definition) is 3. The number of piperidine rings is 1. The van der Waals surface area contributed by atoms with E-state index in [1.54, 1.807) is 0 Å². The minimum atomic E-state index is 0.769. The Kier molecular flexibility index (Phi) is 5.26. The summed E-state index contributed by atoms with van der Waals surface area (Å²) in [6.07, 6.45) is 8.19. The number of rotatable bonds is 4. The molecule has 1 atom stereocenters. The maximum absolute atomic E-state index is 5.31. The van der Waals surface area contributed by atoms with Gasteiger partial charge in [0.1, 0.15) is 0 Å². The first-order valence-electron chi connectivity index (χ1n) is 7.23. The lowest BCUT2D eigenvalue weighted by atomic mass is 9.88. The second-order valence-corrected chi connectivity index (χ2v) is 5.75. The first-order chi connectivity index (χ1) is 8.33. The molecule has 100 valence electrons. The zero-order valence-corrected chi connectivity index (χ0v) is 11.5. The summed E-state index contributed by atoms with van der Waals surface area (Å²) in [5, 5.41) is 3.42. The summed E-state index contributed by atoms with van der Waals surface area (Å²) < 4.78 is 5.31. The van der Waals surface area contributed by atoms with Gasteiger partial charge in [-0.05, 0) is 58.0 Å². The van der Waals surface area contributed by atoms with E-state index in [4.69, 9.17) is 4.74 Å². The fraction of sp³-hybridized carbons (Fsp3) is 1.00. The van der Waals surface area contributed by atoms with Crippen molar-refractivity contribution in [2.24, 2.45) is 5.92 Å². The van der Waals surface area contributed by atoms with Gasteiger partial charge in [0.25, 0.3) is 0 Å². The molecule has 0 radical (unpaired) electrons. The van der Waals surface area contributed by atoms with E-state index in [0.29, 0.717) is 0 Å². The van der Waals surface area contributed by atoms with Gasteiger partial charge in [0, 0.05) is 25.7 Å². The van der Waals surface area contributed by atoms with Crippen molar-refractivity contribution in [3.63, 3.8) is 0 Å². The molecule has 1 saturated carbocycles. The van der Waals surface area contributed by atoms with Gasteiger partial charge in [-0.3, -0.25) is 0 Å². The van der Waals surface area contributed by atoms with E-state index in [2.05, 4.69) is 17.3 Å². The summed E-state index contributed by atoms with van der Waals surface area (Å²) in [5.74, 6) is 0.774. The van der Waals surface area contributed by atoms with Crippen LogP contribution in [0.5, 0.6) is 0 Å². The molecule has 0 bridgehead atoms. The van der Waals surface area contributed by atoms with Crippen molar-refractivity contribution >= 4 is 0 Å². The zero-order valence-electron chi connectivity index (χ0n) is 11.5. The lowest BCUT2D eigenvalue weighted by Crippen LogP contribution is -2.46. The Balaban J connectivity index is 1.77. The van der Waals surface area contributed by atoms with Crippen LogP contribution in [0, 0.1) is 5.92 Å². The molecular weight excluding hydrogens is 212 g/mol. The molecule has 0 spiro atoms. The minimum Gasteiger partial charge on any atom is -0.384 e. The Morgan fingerprint density at radius 2 is 1.94 bits per heavy atom. The predicted octanol–water partition coefficient (Wildman–Crippen LogP) is 1.88. The monoisotopic (exact) mass is 240 g/mol. The molecule has 0 aromatic heterocycles. The van der Waals surface area contributed by atoms with Crippen LogP contribution in [0.1, 0.15) is 38.5 Å². The molecule has 0 aromatic carbocycles. The van der Waals surface area contributed by atoms with Crippen LogP contribution in [-0.4, -0.2) is 50.8 Å². The highest BCUT2D eigenvalue weighted by molar-refractivity contribution is 4.85. The number of methoxy groups -OCH3 is 1. The van der Waals surface area contributed by atoms with Crippen LogP contribution in [-0.2, 0) is 4.74 Å². The quantitative estimate of drug-likeness (QED) is 0.812. The number of nitrogens with one attached hydrogen (secondary N) is 1. The van der Waals surface area contributed by atoms with Crippen LogP contribution < -0.4 is 5.32 Å². The highest BCUT2D eigenvalue weighted by Gasteiger charge is 2.28. The summed E-state index contributed by atoms with van der Waals surface area (Å²) in [6.45, 7) is 3.53. The third-order valence-electron chi connectivity index (χ3n) is 4.57. The first kappa shape index (κ1) is 13.3. The maximum Gasteiger partial charge on any atom is 0.0502 e. The number of hydrogen-bond donors (Lipinski definition) is 1. The van der Waals surface area contributed by atoms with E-state index in [1.165, 1.54) is 51.6 Å². The SMILES string of the molecule is CNC1CCC(N2CCCC(COC)C2)CC1. The van der Waals surface area contributed by atoms with Crippen molar-refractivity contribution in [2.45, 2.75) is 50.6 Å². The highest BCUT2D eigenvalue weighted by Crippen LogP contribution is 2.27. The van der Waals surface area contributed by atoms with E-state index in [-0.39, 0.29) is 0 Å². The van der Waals surface area contributed by atoms with Crippen molar-refractivity contribution in [1.29, 1.82) is 0 Å². The van der Waals surface area contributed by atoms with Gasteiger partial charge < -0.3 is 15.0 Å². The van der Waals surface area contributed by atoms with Gasteiger partial charge >= 0.3 is 0 Å². The third-order valence-corrected chi connectivity index (χ3v) is 4.57. The fourth-order valence-electron chi connectivity index (χ4n) is 3.53. The van der Waals surface area contributed by atoms with Crippen molar-refractivity contribution in [3.8, 4) is 0 Å². The average Bonchev–Trinajstić information content (AvgIpc) is 2.40. The van der Waals surface area contributed by atoms with Crippen LogP contribution in [0.3, 0.4) is 0 Å². The number of ether oxygens (including phenoxy) is 1. The molecule has 0 amide bonds. The molecule has 3 heteroatoms. The number of nitrogens with zero attached hydrogens (tertiary/aromatic N) is 1. The Morgan fingerprint density at radius 3 is 2.59 bits per heavy atom. The van der Waals surface area contributed by atoms with Gasteiger partial charge in [-0.15, -0.1) is 0 Å². The molecule has 3 nitrogen and oxygen atoms in total. The van der Waals surface area contributed by atoms with Crippen LogP contribution in [0.15, 0.2) is 0 Å². The first-order valence-corrected chi connectivity index (χ1v) is 7.23. The fourth-order valence-corrected chi connectivity index (χ4v) is 3.53. The van der Waals surface area contributed by atoms with Gasteiger partial charge in [-0.25, -0.2) is 0 Å². The van der Waals surface area contributed by atoms with Crippen LogP contribution in [0.25, 0.3) is 0 Å². The summed E-state index contributed by atoms with van der Waals surface area (Å²) >= 11 is 0. The van der Waals surface area contributed by atoms with Crippen molar-refractivity contribution in [1.82, 2.24) is 10.2 Å². The normalized spacial score (nSPS) is 36.0. The lowest BCUT2D eigenvalue weighted by Gasteiger charge is -2.41. The average molecular weight is 240 g/mol. The van der Waals surface area contributed by atoms with Crippen LogP contribution in [0.2, 0.25) is 0 Å². The van der Waals surface area contributed by atoms with Gasteiger partial charge in [-0.2, -0.15) is 0 Å². The molecular formula is C14H28N2O. The Labute approximate surface area is 106 Å². The second-order valence-electron chi connectivity index (χ2n) is 5.75. The van der Waals surface area contributed by atoms with Crippen LogP contribution >= 0.6 is 0 Å². The number of likely N-dealkylation sites (tertiary alicyclic amines) is 1. The molecule has 0 aromatic rings. The van der Waals surface area contributed by atoms with Gasteiger partial charge in [0.2, 0.25) is 0 Å². The second kappa shape index (κ2) is 6.72. The van der Waals surface area contributed by atoms with Crippen LogP contribution in [0.4, 0.5) is 0 Å². The largest absolute Gasteiger partial charge is 0.384 e. The summed E-state index contributed by atoms with van der Waals surface area (Å²) in [7, 11) is 3.93. The Morgan fingerprint density at radius 1 is 1.18 bits per heavy atom. The molecule has 1 aliphatic carbocycles. The third kappa shape index (κ3) is 3.67. The van der Waals surface area contributed by atoms with E-state index in [0.717, 1.165) is 24.6 Å². The molecule has 1 heterocycles. The molecule has 1 N–H and O–H groups in total. The minimum absolute atomic E-state index is 0.769. The lowest BCUT2D eigenvalue weighted by molar-refractivity contribution is 0.0540. The van der Waals surface area contributed by atoms with Crippen molar-refractivity contribution in [3.05, 3.63) is 0 Å². The highest BCUT2D eigenvalue weighted by atomic mass is 16.5. The zero-order chi connectivity index (χ0) is 12.1.